The quantitative estimate of drug-likeness (QED) is 0.867. The molecular weight excluding hydrogens is 328 g/mol. The Morgan fingerprint density at radius 1 is 1.26 bits per heavy atom. The summed E-state index contributed by atoms with van der Waals surface area (Å²) in [4.78, 5) is 4.13. The van der Waals surface area contributed by atoms with Crippen LogP contribution in [0.25, 0.3) is 0 Å². The number of nitrogen functional groups attached to an aromatic ring is 1. The lowest BCUT2D eigenvalue weighted by Gasteiger charge is -2.08. The van der Waals surface area contributed by atoms with Crippen molar-refractivity contribution in [3.63, 3.8) is 0 Å². The summed E-state index contributed by atoms with van der Waals surface area (Å²) >= 11 is 3.25. The highest BCUT2D eigenvalue weighted by Crippen LogP contribution is 2.24. The number of aromatic nitrogens is 1. The Morgan fingerprint density at radius 3 is 2.74 bits per heavy atom. The first-order valence-corrected chi connectivity index (χ1v) is 8.10. The molecule has 19 heavy (non-hydrogen) atoms. The van der Waals surface area contributed by atoms with E-state index in [1.807, 2.05) is 6.07 Å². The van der Waals surface area contributed by atoms with E-state index in [0.717, 1.165) is 5.56 Å². The second kappa shape index (κ2) is 5.71. The van der Waals surface area contributed by atoms with E-state index in [1.54, 1.807) is 30.6 Å². The normalized spacial score (nSPS) is 11.4. The molecule has 2 rings (SSSR count). The molecule has 1 heterocycles. The Labute approximate surface area is 120 Å². The van der Waals surface area contributed by atoms with Crippen molar-refractivity contribution in [3.05, 3.63) is 52.8 Å². The van der Waals surface area contributed by atoms with Gasteiger partial charge in [-0.05, 0) is 36.2 Å². The Kier molecular flexibility index (Phi) is 4.21. The number of aryl methyl sites for hydroxylation is 1. The molecule has 2 N–H and O–H groups in total. The number of hydrogen-bond donors (Lipinski definition) is 1. The summed E-state index contributed by atoms with van der Waals surface area (Å²) in [7, 11) is -3.39. The van der Waals surface area contributed by atoms with Crippen LogP contribution in [0, 0.1) is 0 Å². The number of rotatable bonds is 4. The topological polar surface area (TPSA) is 73.1 Å². The molecule has 0 aliphatic carbocycles. The Balaban J connectivity index is 2.21. The van der Waals surface area contributed by atoms with E-state index < -0.39 is 9.84 Å². The third-order valence-electron chi connectivity index (χ3n) is 2.69. The zero-order valence-electron chi connectivity index (χ0n) is 10.1. The van der Waals surface area contributed by atoms with Crippen LogP contribution in [0.1, 0.15) is 5.56 Å². The third-order valence-corrected chi connectivity index (χ3v) is 4.95. The lowest BCUT2D eigenvalue weighted by atomic mass is 10.2. The van der Waals surface area contributed by atoms with E-state index in [1.165, 1.54) is 6.07 Å². The van der Waals surface area contributed by atoms with E-state index >= 15 is 0 Å². The predicted octanol–water partition coefficient (Wildman–Crippen LogP) is 2.44. The van der Waals surface area contributed by atoms with Gasteiger partial charge in [0.1, 0.15) is 0 Å². The van der Waals surface area contributed by atoms with Crippen molar-refractivity contribution in [1.29, 1.82) is 0 Å². The molecule has 0 unspecified atom stereocenters. The fourth-order valence-electron chi connectivity index (χ4n) is 1.69. The number of pyridine rings is 1. The fraction of sp³-hybridized carbons (Fsp3) is 0.154. The number of benzene rings is 1. The number of halogens is 1. The van der Waals surface area contributed by atoms with Crippen molar-refractivity contribution >= 4 is 31.5 Å². The highest BCUT2D eigenvalue weighted by Gasteiger charge is 2.18. The van der Waals surface area contributed by atoms with Gasteiger partial charge in [0.25, 0.3) is 0 Å². The highest BCUT2D eigenvalue weighted by molar-refractivity contribution is 9.10. The molecule has 0 atom stereocenters. The van der Waals surface area contributed by atoms with Crippen LogP contribution in [0.5, 0.6) is 0 Å². The molecule has 0 amide bonds. The second-order valence-electron chi connectivity index (χ2n) is 4.11. The summed E-state index contributed by atoms with van der Waals surface area (Å²) in [6.45, 7) is 0. The number of nitrogens with zero attached hydrogens (tertiary/aromatic N) is 1. The monoisotopic (exact) mass is 340 g/mol. The third kappa shape index (κ3) is 3.54. The molecule has 0 saturated carbocycles. The van der Waals surface area contributed by atoms with Gasteiger partial charge in [0.05, 0.1) is 16.3 Å². The van der Waals surface area contributed by atoms with Gasteiger partial charge in [0.2, 0.25) is 0 Å². The van der Waals surface area contributed by atoms with Crippen LogP contribution < -0.4 is 5.73 Å². The molecular formula is C13H13BrN2O2S. The minimum Gasteiger partial charge on any atom is -0.398 e. The molecule has 6 heteroatoms. The van der Waals surface area contributed by atoms with Gasteiger partial charge in [0, 0.05) is 16.9 Å². The maximum Gasteiger partial charge on any atom is 0.180 e. The van der Waals surface area contributed by atoms with Crippen LogP contribution in [0.3, 0.4) is 0 Å². The van der Waals surface area contributed by atoms with Gasteiger partial charge in [-0.3, -0.25) is 4.98 Å². The molecule has 2 aromatic rings. The van der Waals surface area contributed by atoms with Gasteiger partial charge < -0.3 is 5.73 Å². The van der Waals surface area contributed by atoms with Gasteiger partial charge >= 0.3 is 0 Å². The lowest BCUT2D eigenvalue weighted by molar-refractivity contribution is 0.595. The van der Waals surface area contributed by atoms with E-state index in [-0.39, 0.29) is 16.3 Å². The molecule has 0 spiro atoms. The van der Waals surface area contributed by atoms with Gasteiger partial charge in [-0.2, -0.15) is 0 Å². The van der Waals surface area contributed by atoms with Crippen molar-refractivity contribution in [2.24, 2.45) is 0 Å². The van der Waals surface area contributed by atoms with E-state index in [9.17, 15) is 8.42 Å². The first kappa shape index (κ1) is 14.0. The summed E-state index contributed by atoms with van der Waals surface area (Å²) in [6, 6.07) is 8.48. The minimum absolute atomic E-state index is 0.0132. The number of nitrogens with two attached hydrogens (primary N) is 1. The van der Waals surface area contributed by atoms with Crippen LogP contribution >= 0.6 is 15.9 Å². The van der Waals surface area contributed by atoms with E-state index in [2.05, 4.69) is 20.9 Å². The minimum atomic E-state index is -3.39. The van der Waals surface area contributed by atoms with Crippen molar-refractivity contribution in [1.82, 2.24) is 4.98 Å². The summed E-state index contributed by atoms with van der Waals surface area (Å²) < 4.78 is 25.2. The summed E-state index contributed by atoms with van der Waals surface area (Å²) in [5.74, 6) is 0.0132. The maximum atomic E-state index is 12.3. The average molecular weight is 341 g/mol. The SMILES string of the molecule is Nc1ccc(Br)cc1S(=O)(=O)CCc1cccnc1. The smallest absolute Gasteiger partial charge is 0.180 e. The Bertz CT molecular complexity index is 672. The first-order valence-electron chi connectivity index (χ1n) is 5.66. The van der Waals surface area contributed by atoms with E-state index in [0.29, 0.717) is 10.9 Å². The number of hydrogen-bond acceptors (Lipinski definition) is 4. The van der Waals surface area contributed by atoms with Crippen molar-refractivity contribution in [3.8, 4) is 0 Å². The standard InChI is InChI=1S/C13H13BrN2O2S/c14-11-3-4-12(15)13(8-11)19(17,18)7-5-10-2-1-6-16-9-10/h1-4,6,8-9H,5,7,15H2. The molecule has 4 nitrogen and oxygen atoms in total. The lowest BCUT2D eigenvalue weighted by Crippen LogP contribution is -2.11. The molecule has 0 aliphatic rings. The summed E-state index contributed by atoms with van der Waals surface area (Å²) in [5.41, 5.74) is 6.89. The molecule has 0 radical (unpaired) electrons. The van der Waals surface area contributed by atoms with Crippen molar-refractivity contribution in [2.45, 2.75) is 11.3 Å². The van der Waals surface area contributed by atoms with Gasteiger partial charge in [0.15, 0.2) is 9.84 Å². The van der Waals surface area contributed by atoms with E-state index in [4.69, 9.17) is 5.73 Å². The fourth-order valence-corrected chi connectivity index (χ4v) is 3.66. The molecule has 0 aliphatic heterocycles. The first-order chi connectivity index (χ1) is 8.99. The zero-order chi connectivity index (χ0) is 13.9. The predicted molar refractivity (Wildman–Crippen MR) is 78.5 cm³/mol. The Hall–Kier alpha value is -1.40. The highest BCUT2D eigenvalue weighted by atomic mass is 79.9. The van der Waals surface area contributed by atoms with Gasteiger partial charge in [-0.15, -0.1) is 0 Å². The number of anilines is 1. The van der Waals surface area contributed by atoms with Crippen LogP contribution in [-0.4, -0.2) is 19.2 Å². The summed E-state index contributed by atoms with van der Waals surface area (Å²) in [5, 5.41) is 0. The molecule has 0 saturated heterocycles. The van der Waals surface area contributed by atoms with Gasteiger partial charge in [-0.1, -0.05) is 22.0 Å². The second-order valence-corrected chi connectivity index (χ2v) is 7.11. The van der Waals surface area contributed by atoms with Gasteiger partial charge in [-0.25, -0.2) is 8.42 Å². The van der Waals surface area contributed by atoms with Crippen LogP contribution in [-0.2, 0) is 16.3 Å². The molecule has 0 bridgehead atoms. The Morgan fingerprint density at radius 2 is 2.05 bits per heavy atom. The average Bonchev–Trinajstić information content (AvgIpc) is 2.40. The maximum absolute atomic E-state index is 12.3. The largest absolute Gasteiger partial charge is 0.398 e. The van der Waals surface area contributed by atoms with Crippen LogP contribution in [0.15, 0.2) is 52.1 Å². The molecule has 0 fully saturated rings. The van der Waals surface area contributed by atoms with Crippen molar-refractivity contribution < 1.29 is 8.42 Å². The molecule has 1 aromatic heterocycles. The molecule has 1 aromatic carbocycles. The van der Waals surface area contributed by atoms with Crippen LogP contribution in [0.2, 0.25) is 0 Å². The van der Waals surface area contributed by atoms with Crippen LogP contribution in [0.4, 0.5) is 5.69 Å². The van der Waals surface area contributed by atoms with Crippen molar-refractivity contribution in [2.75, 3.05) is 11.5 Å². The number of sulfone groups is 1. The summed E-state index contributed by atoms with van der Waals surface area (Å²) in [6.07, 6.45) is 3.74. The molecule has 100 valence electrons. The zero-order valence-corrected chi connectivity index (χ0v) is 12.5.